The zero-order chi connectivity index (χ0) is 21.1. The lowest BCUT2D eigenvalue weighted by Crippen LogP contribution is -2.39. The average molecular weight is 398 g/mol. The van der Waals surface area contributed by atoms with Gasteiger partial charge in [0.1, 0.15) is 11.6 Å². The van der Waals surface area contributed by atoms with E-state index in [0.29, 0.717) is 30.7 Å². The molecule has 1 aromatic carbocycles. The number of benzene rings is 1. The molecule has 1 unspecified atom stereocenters. The van der Waals surface area contributed by atoms with Crippen molar-refractivity contribution in [1.82, 2.24) is 15.6 Å². The number of methoxy groups -OCH3 is 1. The summed E-state index contributed by atoms with van der Waals surface area (Å²) in [6.07, 6.45) is 1.30. The number of nitrogens with one attached hydrogen (secondary N) is 3. The van der Waals surface area contributed by atoms with E-state index >= 15 is 0 Å². The maximum absolute atomic E-state index is 12.0. The molecule has 0 saturated heterocycles. The van der Waals surface area contributed by atoms with E-state index < -0.39 is 0 Å². The first-order chi connectivity index (χ1) is 14.0. The molecule has 0 aliphatic rings. The van der Waals surface area contributed by atoms with Crippen molar-refractivity contribution in [1.29, 1.82) is 0 Å². The number of aromatic nitrogens is 1. The molecule has 1 amide bonds. The minimum absolute atomic E-state index is 0.0841. The molecule has 7 nitrogen and oxygen atoms in total. The van der Waals surface area contributed by atoms with Crippen molar-refractivity contribution >= 4 is 17.7 Å². The van der Waals surface area contributed by atoms with Crippen LogP contribution in [0.4, 0.5) is 5.82 Å². The summed E-state index contributed by atoms with van der Waals surface area (Å²) in [6, 6.07) is 13.7. The molecule has 2 aromatic rings. The lowest BCUT2D eigenvalue weighted by Gasteiger charge is -2.15. The summed E-state index contributed by atoms with van der Waals surface area (Å²) in [5, 5.41) is 9.26. The number of pyridine rings is 1. The number of ether oxygens (including phenoxy) is 1. The second kappa shape index (κ2) is 11.7. The maximum atomic E-state index is 12.0. The summed E-state index contributed by atoms with van der Waals surface area (Å²) in [5.41, 5.74) is 2.14. The minimum Gasteiger partial charge on any atom is -0.497 e. The van der Waals surface area contributed by atoms with Crippen LogP contribution in [0.1, 0.15) is 36.9 Å². The Bertz CT molecular complexity index is 805. The predicted octanol–water partition coefficient (Wildman–Crippen LogP) is 3.09. The van der Waals surface area contributed by atoms with Crippen LogP contribution < -0.4 is 20.7 Å². The summed E-state index contributed by atoms with van der Waals surface area (Å²) in [5.74, 6) is 2.46. The third-order valence-corrected chi connectivity index (χ3v) is 4.58. The van der Waals surface area contributed by atoms with Crippen molar-refractivity contribution in [2.75, 3.05) is 32.6 Å². The zero-order valence-corrected chi connectivity index (χ0v) is 17.7. The molecule has 0 saturated carbocycles. The third-order valence-electron chi connectivity index (χ3n) is 4.58. The quantitative estimate of drug-likeness (QED) is 0.447. The number of amides is 1. The molecule has 1 aromatic heterocycles. The van der Waals surface area contributed by atoms with Gasteiger partial charge in [0.2, 0.25) is 5.91 Å². The van der Waals surface area contributed by atoms with Gasteiger partial charge in [-0.25, -0.2) is 4.98 Å². The summed E-state index contributed by atoms with van der Waals surface area (Å²) in [6.45, 7) is 5.36. The molecule has 2 rings (SSSR count). The van der Waals surface area contributed by atoms with Gasteiger partial charge in [-0.15, -0.1) is 0 Å². The van der Waals surface area contributed by atoms with Crippen LogP contribution in [-0.2, 0) is 4.79 Å². The van der Waals surface area contributed by atoms with Crippen molar-refractivity contribution in [3.8, 4) is 5.75 Å². The fourth-order valence-electron chi connectivity index (χ4n) is 2.84. The lowest BCUT2D eigenvalue weighted by molar-refractivity contribution is -0.116. The van der Waals surface area contributed by atoms with Crippen LogP contribution in [0.3, 0.4) is 0 Å². The Morgan fingerprint density at radius 1 is 1.14 bits per heavy atom. The van der Waals surface area contributed by atoms with E-state index in [2.05, 4.69) is 45.0 Å². The van der Waals surface area contributed by atoms with Crippen molar-refractivity contribution in [2.45, 2.75) is 32.6 Å². The van der Waals surface area contributed by atoms with E-state index in [9.17, 15) is 4.79 Å². The van der Waals surface area contributed by atoms with Gasteiger partial charge in [0.25, 0.3) is 0 Å². The Kier molecular flexibility index (Phi) is 8.95. The molecule has 0 spiro atoms. The number of hydrogen-bond donors (Lipinski definition) is 3. The second-order valence-corrected chi connectivity index (χ2v) is 6.85. The monoisotopic (exact) mass is 397 g/mol. The Balaban J connectivity index is 1.67. The SMILES string of the molecule is CN=C(NCCC(=O)Nc1cccc(C)n1)NCCC(C)c1ccc(OC)cc1. The normalized spacial score (nSPS) is 12.2. The average Bonchev–Trinajstić information content (AvgIpc) is 2.72. The number of hydrogen-bond acceptors (Lipinski definition) is 4. The molecule has 29 heavy (non-hydrogen) atoms. The van der Waals surface area contributed by atoms with Gasteiger partial charge in [0.05, 0.1) is 7.11 Å². The first-order valence-electron chi connectivity index (χ1n) is 9.83. The van der Waals surface area contributed by atoms with Gasteiger partial charge in [-0.2, -0.15) is 0 Å². The van der Waals surface area contributed by atoms with Crippen LogP contribution in [-0.4, -0.2) is 44.1 Å². The van der Waals surface area contributed by atoms with Crippen LogP contribution in [0, 0.1) is 6.92 Å². The van der Waals surface area contributed by atoms with Gasteiger partial charge in [0.15, 0.2) is 5.96 Å². The van der Waals surface area contributed by atoms with Crippen LogP contribution in [0.25, 0.3) is 0 Å². The molecule has 3 N–H and O–H groups in total. The minimum atomic E-state index is -0.0841. The smallest absolute Gasteiger partial charge is 0.227 e. The van der Waals surface area contributed by atoms with Crippen LogP contribution in [0.15, 0.2) is 47.5 Å². The van der Waals surface area contributed by atoms with E-state index in [4.69, 9.17) is 4.74 Å². The molecule has 0 fully saturated rings. The Morgan fingerprint density at radius 3 is 2.52 bits per heavy atom. The van der Waals surface area contributed by atoms with Gasteiger partial charge in [-0.1, -0.05) is 25.1 Å². The van der Waals surface area contributed by atoms with Crippen molar-refractivity contribution in [3.05, 3.63) is 53.7 Å². The van der Waals surface area contributed by atoms with Crippen molar-refractivity contribution in [2.24, 2.45) is 4.99 Å². The van der Waals surface area contributed by atoms with Gasteiger partial charge in [-0.05, 0) is 49.1 Å². The number of carbonyl (C=O) groups excluding carboxylic acids is 1. The van der Waals surface area contributed by atoms with E-state index in [0.717, 1.165) is 24.4 Å². The fourth-order valence-corrected chi connectivity index (χ4v) is 2.84. The predicted molar refractivity (Wildman–Crippen MR) is 118 cm³/mol. The molecular formula is C22H31N5O2. The topological polar surface area (TPSA) is 87.6 Å². The zero-order valence-electron chi connectivity index (χ0n) is 17.7. The fraction of sp³-hybridized carbons (Fsp3) is 0.409. The molecule has 0 aliphatic heterocycles. The van der Waals surface area contributed by atoms with E-state index in [1.165, 1.54) is 5.56 Å². The largest absolute Gasteiger partial charge is 0.497 e. The molecule has 1 atom stereocenters. The maximum Gasteiger partial charge on any atom is 0.227 e. The highest BCUT2D eigenvalue weighted by atomic mass is 16.5. The molecule has 0 radical (unpaired) electrons. The third kappa shape index (κ3) is 7.81. The Labute approximate surface area is 173 Å². The number of aryl methyl sites for hydroxylation is 1. The number of anilines is 1. The van der Waals surface area contributed by atoms with E-state index in [1.807, 2.05) is 31.2 Å². The summed E-state index contributed by atoms with van der Waals surface area (Å²) >= 11 is 0. The molecule has 1 heterocycles. The second-order valence-electron chi connectivity index (χ2n) is 6.85. The molecule has 0 aliphatic carbocycles. The van der Waals surface area contributed by atoms with Crippen LogP contribution >= 0.6 is 0 Å². The van der Waals surface area contributed by atoms with Crippen LogP contribution in [0.2, 0.25) is 0 Å². The Hall–Kier alpha value is -3.09. The number of aliphatic imine (C=N–C) groups is 1. The van der Waals surface area contributed by atoms with Gasteiger partial charge < -0.3 is 20.7 Å². The summed E-state index contributed by atoms with van der Waals surface area (Å²) < 4.78 is 5.20. The van der Waals surface area contributed by atoms with Crippen molar-refractivity contribution < 1.29 is 9.53 Å². The highest BCUT2D eigenvalue weighted by Gasteiger charge is 2.07. The number of carbonyl (C=O) groups is 1. The molecule has 7 heteroatoms. The number of nitrogens with zero attached hydrogens (tertiary/aromatic N) is 2. The van der Waals surface area contributed by atoms with Gasteiger partial charge >= 0.3 is 0 Å². The van der Waals surface area contributed by atoms with E-state index in [-0.39, 0.29) is 5.91 Å². The first kappa shape index (κ1) is 22.2. The highest BCUT2D eigenvalue weighted by molar-refractivity contribution is 5.90. The standard InChI is InChI=1S/C22H31N5O2/c1-16(18-8-10-19(29-4)11-9-18)12-14-24-22(23-3)25-15-13-21(28)27-20-7-5-6-17(2)26-20/h5-11,16H,12-15H2,1-4H3,(H2,23,24,25)(H,26,27,28). The van der Waals surface area contributed by atoms with Gasteiger partial charge in [-0.3, -0.25) is 9.79 Å². The molecule has 0 bridgehead atoms. The Morgan fingerprint density at radius 2 is 1.86 bits per heavy atom. The van der Waals surface area contributed by atoms with Gasteiger partial charge in [0, 0.05) is 32.3 Å². The first-order valence-corrected chi connectivity index (χ1v) is 9.83. The molecule has 156 valence electrons. The van der Waals surface area contributed by atoms with E-state index in [1.54, 1.807) is 20.2 Å². The number of rotatable bonds is 9. The number of guanidine groups is 1. The summed E-state index contributed by atoms with van der Waals surface area (Å²) in [4.78, 5) is 20.5. The summed E-state index contributed by atoms with van der Waals surface area (Å²) in [7, 11) is 3.39. The molecular weight excluding hydrogens is 366 g/mol. The lowest BCUT2D eigenvalue weighted by atomic mass is 9.98. The highest BCUT2D eigenvalue weighted by Crippen LogP contribution is 2.21. The van der Waals surface area contributed by atoms with Crippen LogP contribution in [0.5, 0.6) is 5.75 Å². The van der Waals surface area contributed by atoms with Crippen molar-refractivity contribution in [3.63, 3.8) is 0 Å².